The highest BCUT2D eigenvalue weighted by Gasteiger charge is 2.07. The van der Waals surface area contributed by atoms with Crippen LogP contribution in [0, 0.1) is 5.95 Å². The standard InChI is InChI=1S/C11H9FN2O/c12-11-10(4-8(7-15)5-14-11)9-2-1-3-13-6-9/h1-6,15H,7H2. The van der Waals surface area contributed by atoms with Gasteiger partial charge in [-0.15, -0.1) is 0 Å². The number of hydrogen-bond donors (Lipinski definition) is 1. The van der Waals surface area contributed by atoms with Gasteiger partial charge in [0.2, 0.25) is 5.95 Å². The molecule has 2 aromatic rings. The Kier molecular flexibility index (Phi) is 2.69. The molecule has 0 atom stereocenters. The largest absolute Gasteiger partial charge is 0.392 e. The molecule has 0 aliphatic rings. The van der Waals surface area contributed by atoms with Crippen molar-refractivity contribution in [1.29, 1.82) is 0 Å². The van der Waals surface area contributed by atoms with E-state index in [0.717, 1.165) is 0 Å². The molecule has 76 valence electrons. The van der Waals surface area contributed by atoms with Crippen molar-refractivity contribution in [3.8, 4) is 11.1 Å². The molecule has 2 rings (SSSR count). The van der Waals surface area contributed by atoms with Crippen LogP contribution in [0.15, 0.2) is 36.8 Å². The van der Waals surface area contributed by atoms with Gasteiger partial charge in [0, 0.05) is 29.7 Å². The van der Waals surface area contributed by atoms with Gasteiger partial charge in [0.25, 0.3) is 0 Å². The van der Waals surface area contributed by atoms with Crippen LogP contribution in [0.5, 0.6) is 0 Å². The molecule has 15 heavy (non-hydrogen) atoms. The Balaban J connectivity index is 2.52. The van der Waals surface area contributed by atoms with E-state index in [4.69, 9.17) is 5.11 Å². The monoisotopic (exact) mass is 204 g/mol. The minimum Gasteiger partial charge on any atom is -0.392 e. The third-order valence-electron chi connectivity index (χ3n) is 2.05. The summed E-state index contributed by atoms with van der Waals surface area (Å²) in [5.74, 6) is -0.555. The number of nitrogens with zero attached hydrogens (tertiary/aromatic N) is 2. The Morgan fingerprint density at radius 3 is 2.87 bits per heavy atom. The maximum absolute atomic E-state index is 13.4. The smallest absolute Gasteiger partial charge is 0.220 e. The molecule has 0 saturated heterocycles. The number of aromatic nitrogens is 2. The summed E-state index contributed by atoms with van der Waals surface area (Å²) < 4.78 is 13.4. The summed E-state index contributed by atoms with van der Waals surface area (Å²) in [5, 5.41) is 8.92. The predicted octanol–water partition coefficient (Wildman–Crippen LogP) is 1.77. The first kappa shape index (κ1) is 9.73. The molecule has 2 heterocycles. The summed E-state index contributed by atoms with van der Waals surface area (Å²) in [4.78, 5) is 7.47. The van der Waals surface area contributed by atoms with Crippen LogP contribution < -0.4 is 0 Å². The van der Waals surface area contributed by atoms with Gasteiger partial charge < -0.3 is 5.11 Å². The SMILES string of the molecule is OCc1cnc(F)c(-c2cccnc2)c1. The van der Waals surface area contributed by atoms with E-state index in [9.17, 15) is 4.39 Å². The van der Waals surface area contributed by atoms with Crippen LogP contribution >= 0.6 is 0 Å². The highest BCUT2D eigenvalue weighted by molar-refractivity contribution is 5.62. The van der Waals surface area contributed by atoms with E-state index in [1.54, 1.807) is 30.6 Å². The van der Waals surface area contributed by atoms with Gasteiger partial charge in [-0.1, -0.05) is 6.07 Å². The third-order valence-corrected chi connectivity index (χ3v) is 2.05. The first-order valence-electron chi connectivity index (χ1n) is 4.47. The molecule has 0 aliphatic carbocycles. The molecule has 0 bridgehead atoms. The summed E-state index contributed by atoms with van der Waals surface area (Å²) in [7, 11) is 0. The van der Waals surface area contributed by atoms with Crippen LogP contribution in [-0.4, -0.2) is 15.1 Å². The lowest BCUT2D eigenvalue weighted by atomic mass is 10.1. The molecular weight excluding hydrogens is 195 g/mol. The van der Waals surface area contributed by atoms with Gasteiger partial charge in [-0.3, -0.25) is 4.98 Å². The average molecular weight is 204 g/mol. The van der Waals surface area contributed by atoms with Crippen molar-refractivity contribution in [3.63, 3.8) is 0 Å². The van der Waals surface area contributed by atoms with Gasteiger partial charge in [-0.05, 0) is 17.7 Å². The molecule has 0 aromatic carbocycles. The fourth-order valence-electron chi connectivity index (χ4n) is 1.30. The highest BCUT2D eigenvalue weighted by Crippen LogP contribution is 2.21. The zero-order chi connectivity index (χ0) is 10.7. The maximum Gasteiger partial charge on any atom is 0.220 e. The van der Waals surface area contributed by atoms with Crippen molar-refractivity contribution < 1.29 is 9.50 Å². The van der Waals surface area contributed by atoms with Crippen molar-refractivity contribution in [2.24, 2.45) is 0 Å². The second-order valence-electron chi connectivity index (χ2n) is 3.08. The van der Waals surface area contributed by atoms with E-state index in [0.29, 0.717) is 16.7 Å². The van der Waals surface area contributed by atoms with Gasteiger partial charge in [-0.2, -0.15) is 4.39 Å². The van der Waals surface area contributed by atoms with Crippen LogP contribution in [0.1, 0.15) is 5.56 Å². The summed E-state index contributed by atoms with van der Waals surface area (Å²) in [6.45, 7) is -0.152. The Morgan fingerprint density at radius 1 is 1.33 bits per heavy atom. The summed E-state index contributed by atoms with van der Waals surface area (Å²) in [5.41, 5.74) is 1.59. The highest BCUT2D eigenvalue weighted by atomic mass is 19.1. The Labute approximate surface area is 86.3 Å². The fourth-order valence-corrected chi connectivity index (χ4v) is 1.30. The molecule has 0 amide bonds. The third kappa shape index (κ3) is 1.99. The molecule has 0 spiro atoms. The molecule has 2 aromatic heterocycles. The zero-order valence-corrected chi connectivity index (χ0v) is 7.89. The van der Waals surface area contributed by atoms with Crippen LogP contribution in [0.2, 0.25) is 0 Å². The van der Waals surface area contributed by atoms with Gasteiger partial charge in [0.15, 0.2) is 0 Å². The Hall–Kier alpha value is -1.81. The number of aliphatic hydroxyl groups is 1. The van der Waals surface area contributed by atoms with E-state index >= 15 is 0 Å². The van der Waals surface area contributed by atoms with E-state index in [-0.39, 0.29) is 6.61 Å². The Bertz CT molecular complexity index is 459. The van der Waals surface area contributed by atoms with Crippen molar-refractivity contribution in [2.45, 2.75) is 6.61 Å². The van der Waals surface area contributed by atoms with Crippen LogP contribution in [0.4, 0.5) is 4.39 Å². The van der Waals surface area contributed by atoms with Crippen LogP contribution in [0.3, 0.4) is 0 Å². The van der Waals surface area contributed by atoms with Crippen LogP contribution in [-0.2, 0) is 6.61 Å². The van der Waals surface area contributed by atoms with Gasteiger partial charge in [-0.25, -0.2) is 4.98 Å². The second kappa shape index (κ2) is 4.14. The molecular formula is C11H9FN2O. The van der Waals surface area contributed by atoms with Gasteiger partial charge >= 0.3 is 0 Å². The number of aliphatic hydroxyl groups excluding tert-OH is 1. The van der Waals surface area contributed by atoms with E-state index < -0.39 is 5.95 Å². The molecule has 1 N–H and O–H groups in total. The van der Waals surface area contributed by atoms with Crippen molar-refractivity contribution in [3.05, 3.63) is 48.3 Å². The number of rotatable bonds is 2. The molecule has 4 heteroatoms. The quantitative estimate of drug-likeness (QED) is 0.758. The lowest BCUT2D eigenvalue weighted by molar-refractivity contribution is 0.281. The first-order valence-corrected chi connectivity index (χ1v) is 4.47. The molecule has 3 nitrogen and oxygen atoms in total. The van der Waals surface area contributed by atoms with Gasteiger partial charge in [0.1, 0.15) is 0 Å². The molecule has 0 radical (unpaired) electrons. The van der Waals surface area contributed by atoms with Crippen molar-refractivity contribution in [2.75, 3.05) is 0 Å². The second-order valence-corrected chi connectivity index (χ2v) is 3.08. The normalized spacial score (nSPS) is 10.3. The number of halogens is 1. The first-order chi connectivity index (χ1) is 7.31. The van der Waals surface area contributed by atoms with E-state index in [2.05, 4.69) is 9.97 Å². The molecule has 0 aliphatic heterocycles. The summed E-state index contributed by atoms with van der Waals surface area (Å²) in [6, 6.07) is 5.04. The van der Waals surface area contributed by atoms with Crippen molar-refractivity contribution in [1.82, 2.24) is 9.97 Å². The predicted molar refractivity (Wildman–Crippen MR) is 53.3 cm³/mol. The fraction of sp³-hybridized carbons (Fsp3) is 0.0909. The topological polar surface area (TPSA) is 46.0 Å². The minimum absolute atomic E-state index is 0.152. The molecule has 0 fully saturated rings. The van der Waals surface area contributed by atoms with Crippen molar-refractivity contribution >= 4 is 0 Å². The molecule has 0 unspecified atom stereocenters. The van der Waals surface area contributed by atoms with E-state index in [1.807, 2.05) is 0 Å². The van der Waals surface area contributed by atoms with Crippen LogP contribution in [0.25, 0.3) is 11.1 Å². The molecule has 0 saturated carbocycles. The summed E-state index contributed by atoms with van der Waals surface area (Å²) in [6.07, 6.45) is 4.49. The Morgan fingerprint density at radius 2 is 2.20 bits per heavy atom. The maximum atomic E-state index is 13.4. The number of pyridine rings is 2. The zero-order valence-electron chi connectivity index (χ0n) is 7.89. The lowest BCUT2D eigenvalue weighted by Crippen LogP contribution is -1.93. The number of hydrogen-bond acceptors (Lipinski definition) is 3. The summed E-state index contributed by atoms with van der Waals surface area (Å²) >= 11 is 0. The average Bonchev–Trinajstić information content (AvgIpc) is 2.31. The van der Waals surface area contributed by atoms with E-state index in [1.165, 1.54) is 6.20 Å². The minimum atomic E-state index is -0.555. The lowest BCUT2D eigenvalue weighted by Gasteiger charge is -2.03. The van der Waals surface area contributed by atoms with Gasteiger partial charge in [0.05, 0.1) is 6.61 Å².